The third-order valence-electron chi connectivity index (χ3n) is 5.57. The lowest BCUT2D eigenvalue weighted by atomic mass is 9.91. The van der Waals surface area contributed by atoms with Crippen molar-refractivity contribution >= 4 is 27.5 Å². The number of sulfonamides is 1. The van der Waals surface area contributed by atoms with E-state index in [0.717, 1.165) is 19.3 Å². The van der Waals surface area contributed by atoms with Gasteiger partial charge in [-0.15, -0.1) is 0 Å². The minimum atomic E-state index is -3.70. The van der Waals surface area contributed by atoms with Gasteiger partial charge in [-0.1, -0.05) is 32.4 Å². The number of amides is 1. The maximum Gasteiger partial charge on any atom is 0.253 e. The van der Waals surface area contributed by atoms with Crippen LogP contribution in [0, 0.1) is 17.8 Å². The molecule has 0 bridgehead atoms. The first kappa shape index (κ1) is 20.6. The molecular formula is C20H29ClN2O3S. The highest BCUT2D eigenvalue weighted by atomic mass is 35.5. The van der Waals surface area contributed by atoms with Crippen LogP contribution >= 0.6 is 11.6 Å². The van der Waals surface area contributed by atoms with Crippen molar-refractivity contribution < 1.29 is 13.2 Å². The third-order valence-corrected chi connectivity index (χ3v) is 7.92. The Kier molecular flexibility index (Phi) is 6.18. The molecule has 27 heavy (non-hydrogen) atoms. The number of rotatable bonds is 3. The largest absolute Gasteiger partial charge is 0.338 e. The van der Waals surface area contributed by atoms with Gasteiger partial charge in [-0.3, -0.25) is 4.79 Å². The Balaban J connectivity index is 1.89. The van der Waals surface area contributed by atoms with Gasteiger partial charge in [0.1, 0.15) is 4.90 Å². The quantitative estimate of drug-likeness (QED) is 0.756. The lowest BCUT2D eigenvalue weighted by molar-refractivity contribution is 0.0623. The molecular weight excluding hydrogens is 384 g/mol. The maximum atomic E-state index is 13.1. The standard InChI is InChI=1S/C20H29ClN2O3S/c1-14-5-4-8-23(13-14)27(25,26)19-10-17(6-7-18(19)21)20(24)22-11-15(2)9-16(3)12-22/h6-7,10,14-16H,4-5,8-9,11-13H2,1-3H3/t14-,15-,16-/m1/s1. The molecule has 150 valence electrons. The summed E-state index contributed by atoms with van der Waals surface area (Å²) in [4.78, 5) is 14.9. The molecule has 0 unspecified atom stereocenters. The van der Waals surface area contributed by atoms with Crippen molar-refractivity contribution in [2.45, 2.75) is 44.9 Å². The summed E-state index contributed by atoms with van der Waals surface area (Å²) >= 11 is 6.24. The molecule has 0 N–H and O–H groups in total. The summed E-state index contributed by atoms with van der Waals surface area (Å²) in [7, 11) is -3.70. The Morgan fingerprint density at radius 1 is 1.07 bits per heavy atom. The van der Waals surface area contributed by atoms with E-state index in [4.69, 9.17) is 11.6 Å². The first-order valence-electron chi connectivity index (χ1n) is 9.77. The highest BCUT2D eigenvalue weighted by Gasteiger charge is 2.32. The van der Waals surface area contributed by atoms with E-state index >= 15 is 0 Å². The number of piperidine rings is 2. The average molecular weight is 413 g/mol. The van der Waals surface area contributed by atoms with Gasteiger partial charge in [0.05, 0.1) is 5.02 Å². The smallest absolute Gasteiger partial charge is 0.253 e. The van der Waals surface area contributed by atoms with E-state index in [-0.39, 0.29) is 15.8 Å². The van der Waals surface area contributed by atoms with Gasteiger partial charge in [-0.25, -0.2) is 8.42 Å². The number of nitrogens with zero attached hydrogens (tertiary/aromatic N) is 2. The first-order chi connectivity index (χ1) is 12.7. The molecule has 0 radical (unpaired) electrons. The van der Waals surface area contributed by atoms with Crippen LogP contribution < -0.4 is 0 Å². The number of carbonyl (C=O) groups excluding carboxylic acids is 1. The van der Waals surface area contributed by atoms with Crippen molar-refractivity contribution in [3.05, 3.63) is 28.8 Å². The van der Waals surface area contributed by atoms with Crippen LogP contribution in [0.25, 0.3) is 0 Å². The average Bonchev–Trinajstić information content (AvgIpc) is 2.60. The summed E-state index contributed by atoms with van der Waals surface area (Å²) in [5.74, 6) is 1.10. The summed E-state index contributed by atoms with van der Waals surface area (Å²) in [6.45, 7) is 8.76. The molecule has 7 heteroatoms. The van der Waals surface area contributed by atoms with Crippen molar-refractivity contribution in [3.63, 3.8) is 0 Å². The van der Waals surface area contributed by atoms with Gasteiger partial charge in [0.2, 0.25) is 10.0 Å². The summed E-state index contributed by atoms with van der Waals surface area (Å²) < 4.78 is 27.8. The van der Waals surface area contributed by atoms with E-state index in [9.17, 15) is 13.2 Å². The van der Waals surface area contributed by atoms with Crippen LogP contribution in [-0.4, -0.2) is 49.7 Å². The molecule has 2 heterocycles. The minimum absolute atomic E-state index is 0.0437. The molecule has 1 aromatic rings. The van der Waals surface area contributed by atoms with Gasteiger partial charge in [0, 0.05) is 31.7 Å². The van der Waals surface area contributed by atoms with Gasteiger partial charge in [-0.2, -0.15) is 4.31 Å². The van der Waals surface area contributed by atoms with Crippen molar-refractivity contribution in [2.75, 3.05) is 26.2 Å². The van der Waals surface area contributed by atoms with Crippen molar-refractivity contribution in [1.82, 2.24) is 9.21 Å². The fourth-order valence-electron chi connectivity index (χ4n) is 4.35. The van der Waals surface area contributed by atoms with Crippen LogP contribution in [0.5, 0.6) is 0 Å². The lowest BCUT2D eigenvalue weighted by Crippen LogP contribution is -2.42. The van der Waals surface area contributed by atoms with E-state index in [2.05, 4.69) is 20.8 Å². The lowest BCUT2D eigenvalue weighted by Gasteiger charge is -2.35. The van der Waals surface area contributed by atoms with Crippen molar-refractivity contribution in [3.8, 4) is 0 Å². The van der Waals surface area contributed by atoms with Crippen LogP contribution in [0.4, 0.5) is 0 Å². The number of halogens is 1. The van der Waals surface area contributed by atoms with Crippen LogP contribution in [0.15, 0.2) is 23.1 Å². The second kappa shape index (κ2) is 8.10. The molecule has 0 aromatic heterocycles. The van der Waals surface area contributed by atoms with Gasteiger partial charge in [0.15, 0.2) is 0 Å². The highest BCUT2D eigenvalue weighted by Crippen LogP contribution is 2.30. The molecule has 0 spiro atoms. The van der Waals surface area contributed by atoms with E-state index in [1.807, 2.05) is 4.90 Å². The maximum absolute atomic E-state index is 13.1. The minimum Gasteiger partial charge on any atom is -0.338 e. The Labute approximate surface area is 167 Å². The van der Waals surface area contributed by atoms with Crippen LogP contribution in [0.1, 0.15) is 50.4 Å². The van der Waals surface area contributed by atoms with Gasteiger partial charge >= 0.3 is 0 Å². The molecule has 3 rings (SSSR count). The Morgan fingerprint density at radius 2 is 1.74 bits per heavy atom. The molecule has 0 aliphatic carbocycles. The van der Waals surface area contributed by atoms with Crippen LogP contribution in [-0.2, 0) is 10.0 Å². The first-order valence-corrected chi connectivity index (χ1v) is 11.6. The van der Waals surface area contributed by atoms with E-state index in [1.54, 1.807) is 6.07 Å². The molecule has 3 atom stereocenters. The number of hydrogen-bond acceptors (Lipinski definition) is 3. The predicted molar refractivity (Wildman–Crippen MR) is 107 cm³/mol. The summed E-state index contributed by atoms with van der Waals surface area (Å²) in [6.07, 6.45) is 2.99. The monoisotopic (exact) mass is 412 g/mol. The van der Waals surface area contributed by atoms with Crippen molar-refractivity contribution in [1.29, 1.82) is 0 Å². The zero-order valence-corrected chi connectivity index (χ0v) is 17.9. The Bertz CT molecular complexity index is 801. The molecule has 5 nitrogen and oxygen atoms in total. The number of benzene rings is 1. The summed E-state index contributed by atoms with van der Waals surface area (Å²) in [5.41, 5.74) is 0.393. The summed E-state index contributed by atoms with van der Waals surface area (Å²) in [6, 6.07) is 4.63. The molecule has 1 amide bonds. The van der Waals surface area contributed by atoms with Crippen LogP contribution in [0.3, 0.4) is 0 Å². The molecule has 2 aliphatic rings. The van der Waals surface area contributed by atoms with Gasteiger partial charge in [-0.05, 0) is 55.2 Å². The Morgan fingerprint density at radius 3 is 2.37 bits per heavy atom. The van der Waals surface area contributed by atoms with Crippen LogP contribution in [0.2, 0.25) is 5.02 Å². The fourth-order valence-corrected chi connectivity index (χ4v) is 6.45. The number of hydrogen-bond donors (Lipinski definition) is 0. The number of carbonyl (C=O) groups is 1. The molecule has 2 saturated heterocycles. The summed E-state index contributed by atoms with van der Waals surface area (Å²) in [5, 5.41) is 0.171. The van der Waals surface area contributed by atoms with E-state index in [1.165, 1.54) is 16.4 Å². The molecule has 2 aliphatic heterocycles. The second-order valence-corrected chi connectivity index (χ2v) is 10.7. The Hall–Kier alpha value is -1.11. The SMILES string of the molecule is C[C@@H]1C[C@@H](C)CN(C(=O)c2ccc(Cl)c(S(=O)(=O)N3CCC[C@@H](C)C3)c2)C1. The molecule has 0 saturated carbocycles. The zero-order chi connectivity index (χ0) is 19.8. The fraction of sp³-hybridized carbons (Fsp3) is 0.650. The molecule has 1 aromatic carbocycles. The van der Waals surface area contributed by atoms with E-state index in [0.29, 0.717) is 49.5 Å². The topological polar surface area (TPSA) is 57.7 Å². The highest BCUT2D eigenvalue weighted by molar-refractivity contribution is 7.89. The molecule has 2 fully saturated rings. The third kappa shape index (κ3) is 4.49. The predicted octanol–water partition coefficient (Wildman–Crippen LogP) is 3.88. The van der Waals surface area contributed by atoms with E-state index < -0.39 is 10.0 Å². The van der Waals surface area contributed by atoms with Gasteiger partial charge in [0.25, 0.3) is 5.91 Å². The number of likely N-dealkylation sites (tertiary alicyclic amines) is 1. The normalized spacial score (nSPS) is 27.6. The second-order valence-electron chi connectivity index (χ2n) is 8.41. The van der Waals surface area contributed by atoms with Gasteiger partial charge < -0.3 is 4.90 Å². The zero-order valence-electron chi connectivity index (χ0n) is 16.3. The van der Waals surface area contributed by atoms with Crippen molar-refractivity contribution in [2.24, 2.45) is 17.8 Å².